The van der Waals surface area contributed by atoms with Crippen molar-refractivity contribution < 1.29 is 0 Å². The Morgan fingerprint density at radius 1 is 1.10 bits per heavy atom. The van der Waals surface area contributed by atoms with Crippen molar-refractivity contribution in [1.29, 1.82) is 0 Å². The third kappa shape index (κ3) is 0.302. The lowest BCUT2D eigenvalue weighted by Gasteiger charge is -2.08. The van der Waals surface area contributed by atoms with Crippen molar-refractivity contribution in [2.45, 2.75) is 38.5 Å². The molecule has 0 nitrogen and oxygen atoms in total. The average Bonchev–Trinajstić information content (AvgIpc) is 2.80. The lowest BCUT2D eigenvalue weighted by atomic mass is 9.96. The number of hydrogen-bond acceptors (Lipinski definition) is 0. The van der Waals surface area contributed by atoms with Crippen molar-refractivity contribution in [2.75, 3.05) is 0 Å². The van der Waals surface area contributed by atoms with Crippen molar-refractivity contribution in [1.82, 2.24) is 0 Å². The topological polar surface area (TPSA) is 0 Å². The third-order valence-corrected chi connectivity index (χ3v) is 5.03. The lowest BCUT2D eigenvalue weighted by Crippen LogP contribution is -2.02. The van der Waals surface area contributed by atoms with E-state index in [2.05, 4.69) is 0 Å². The van der Waals surface area contributed by atoms with Crippen LogP contribution < -0.4 is 0 Å². The molecule has 0 aromatic rings. The molecular formula is C10H14. The van der Waals surface area contributed by atoms with Crippen molar-refractivity contribution in [3.8, 4) is 0 Å². The van der Waals surface area contributed by atoms with Gasteiger partial charge < -0.3 is 0 Å². The monoisotopic (exact) mass is 134 g/mol. The Balaban J connectivity index is 1.80. The second-order valence-corrected chi connectivity index (χ2v) is 5.25. The largest absolute Gasteiger partial charge is 0.0496 e. The Hall–Kier alpha value is 0. The predicted octanol–water partition coefficient (Wildman–Crippen LogP) is 2.59. The molecule has 0 amide bonds. The van der Waals surface area contributed by atoms with Gasteiger partial charge in [0, 0.05) is 0 Å². The van der Waals surface area contributed by atoms with Gasteiger partial charge in [-0.25, -0.2) is 0 Å². The summed E-state index contributed by atoms with van der Waals surface area (Å²) in [6, 6.07) is 0. The van der Waals surface area contributed by atoms with Gasteiger partial charge in [0.15, 0.2) is 0 Å². The van der Waals surface area contributed by atoms with E-state index < -0.39 is 0 Å². The fraction of sp³-hybridized carbons (Fsp3) is 1.00. The maximum absolute atomic E-state index is 1.65. The van der Waals surface area contributed by atoms with E-state index in [4.69, 9.17) is 0 Å². The molecule has 10 heavy (non-hydrogen) atoms. The molecule has 0 heteroatoms. The van der Waals surface area contributed by atoms with Gasteiger partial charge in [0.1, 0.15) is 0 Å². The second kappa shape index (κ2) is 1.00. The Bertz CT molecular complexity index is 210. The summed E-state index contributed by atoms with van der Waals surface area (Å²) >= 11 is 0. The average molecular weight is 134 g/mol. The maximum Gasteiger partial charge on any atom is -0.0204 e. The molecule has 4 fully saturated rings. The highest BCUT2D eigenvalue weighted by Crippen LogP contribution is 2.89. The van der Waals surface area contributed by atoms with Crippen LogP contribution in [0.25, 0.3) is 0 Å². The lowest BCUT2D eigenvalue weighted by molar-refractivity contribution is 0.400. The highest BCUT2D eigenvalue weighted by atomic mass is 14.8. The van der Waals surface area contributed by atoms with E-state index >= 15 is 0 Å². The first-order chi connectivity index (χ1) is 4.86. The quantitative estimate of drug-likeness (QED) is 0.477. The molecule has 0 aromatic heterocycles. The molecule has 2 spiro atoms. The fourth-order valence-electron chi connectivity index (χ4n) is 4.13. The van der Waals surface area contributed by atoms with Crippen molar-refractivity contribution in [3.63, 3.8) is 0 Å². The molecule has 4 rings (SSSR count). The molecule has 4 aliphatic carbocycles. The number of rotatable bonds is 0. The molecule has 4 aliphatic rings. The molecule has 54 valence electrons. The van der Waals surface area contributed by atoms with Crippen molar-refractivity contribution in [2.24, 2.45) is 22.7 Å². The van der Waals surface area contributed by atoms with Crippen LogP contribution in [-0.4, -0.2) is 0 Å². The summed E-state index contributed by atoms with van der Waals surface area (Å²) < 4.78 is 0. The summed E-state index contributed by atoms with van der Waals surface area (Å²) in [6.07, 6.45) is 9.73. The van der Waals surface area contributed by atoms with E-state index in [-0.39, 0.29) is 0 Å². The summed E-state index contributed by atoms with van der Waals surface area (Å²) in [5, 5.41) is 0. The van der Waals surface area contributed by atoms with Crippen molar-refractivity contribution in [3.05, 3.63) is 0 Å². The molecule has 0 aliphatic heterocycles. The van der Waals surface area contributed by atoms with E-state index in [1.54, 1.807) is 38.5 Å². The normalized spacial score (nSPS) is 64.8. The Labute approximate surface area is 62.0 Å². The maximum atomic E-state index is 1.65. The minimum Gasteiger partial charge on any atom is -0.0496 e. The molecule has 0 N–H and O–H groups in total. The summed E-state index contributed by atoms with van der Waals surface area (Å²) in [4.78, 5) is 0. The molecule has 0 heterocycles. The van der Waals surface area contributed by atoms with Gasteiger partial charge in [-0.3, -0.25) is 0 Å². The van der Waals surface area contributed by atoms with E-state index in [1.807, 2.05) is 0 Å². The van der Waals surface area contributed by atoms with E-state index in [0.29, 0.717) is 0 Å². The highest BCUT2D eigenvalue weighted by molar-refractivity contribution is 5.30. The van der Waals surface area contributed by atoms with Gasteiger partial charge in [-0.05, 0) is 61.2 Å². The number of fused-ring (bicyclic) bond motifs is 3. The summed E-state index contributed by atoms with van der Waals surface area (Å²) in [5.74, 6) is 2.47. The Kier molecular flexibility index (Phi) is 0.479. The SMILES string of the molecule is C1CC2(CC23CC3)C2CC12. The van der Waals surface area contributed by atoms with E-state index in [0.717, 1.165) is 10.8 Å². The molecule has 4 saturated carbocycles. The zero-order chi connectivity index (χ0) is 6.40. The van der Waals surface area contributed by atoms with Crippen LogP contribution >= 0.6 is 0 Å². The van der Waals surface area contributed by atoms with Gasteiger partial charge in [-0.2, -0.15) is 0 Å². The molecule has 3 atom stereocenters. The molecular weight excluding hydrogens is 120 g/mol. The van der Waals surface area contributed by atoms with E-state index in [9.17, 15) is 0 Å². The molecule has 0 aromatic carbocycles. The highest BCUT2D eigenvalue weighted by Gasteiger charge is 2.81. The van der Waals surface area contributed by atoms with Gasteiger partial charge in [0.25, 0.3) is 0 Å². The summed E-state index contributed by atoms with van der Waals surface area (Å²) in [7, 11) is 0. The van der Waals surface area contributed by atoms with Crippen LogP contribution in [-0.2, 0) is 0 Å². The van der Waals surface area contributed by atoms with Gasteiger partial charge in [-0.1, -0.05) is 0 Å². The first-order valence-corrected chi connectivity index (χ1v) is 4.86. The standard InChI is InChI=1S/C10H14/c1-2-10(8-5-7(1)8)6-9(10)3-4-9/h7-8H,1-6H2. The van der Waals surface area contributed by atoms with Crippen LogP contribution in [0.2, 0.25) is 0 Å². The van der Waals surface area contributed by atoms with E-state index in [1.165, 1.54) is 11.8 Å². The smallest absolute Gasteiger partial charge is 0.0204 e. The summed E-state index contributed by atoms with van der Waals surface area (Å²) in [6.45, 7) is 0. The van der Waals surface area contributed by atoms with Gasteiger partial charge in [-0.15, -0.1) is 0 Å². The van der Waals surface area contributed by atoms with Crippen LogP contribution in [0.4, 0.5) is 0 Å². The van der Waals surface area contributed by atoms with Gasteiger partial charge in [0.2, 0.25) is 0 Å². The first-order valence-electron chi connectivity index (χ1n) is 4.86. The Morgan fingerprint density at radius 2 is 2.00 bits per heavy atom. The third-order valence-electron chi connectivity index (χ3n) is 5.03. The molecule has 0 bridgehead atoms. The molecule has 0 radical (unpaired) electrons. The van der Waals surface area contributed by atoms with Gasteiger partial charge in [0.05, 0.1) is 0 Å². The van der Waals surface area contributed by atoms with Crippen LogP contribution in [0.15, 0.2) is 0 Å². The summed E-state index contributed by atoms with van der Waals surface area (Å²) in [5.41, 5.74) is 1.97. The Morgan fingerprint density at radius 3 is 2.40 bits per heavy atom. The van der Waals surface area contributed by atoms with Crippen LogP contribution in [0.1, 0.15) is 38.5 Å². The van der Waals surface area contributed by atoms with Crippen LogP contribution in [0.5, 0.6) is 0 Å². The zero-order valence-electron chi connectivity index (χ0n) is 6.40. The van der Waals surface area contributed by atoms with Gasteiger partial charge >= 0.3 is 0 Å². The molecule has 0 saturated heterocycles. The van der Waals surface area contributed by atoms with Crippen molar-refractivity contribution >= 4 is 0 Å². The minimum absolute atomic E-state index is 0.984. The fourth-order valence-corrected chi connectivity index (χ4v) is 4.13. The minimum atomic E-state index is 0.984. The number of hydrogen-bond donors (Lipinski definition) is 0. The first kappa shape index (κ1) is 4.79. The zero-order valence-corrected chi connectivity index (χ0v) is 6.40. The van der Waals surface area contributed by atoms with Crippen LogP contribution in [0, 0.1) is 22.7 Å². The second-order valence-electron chi connectivity index (χ2n) is 5.25. The molecule has 3 unspecified atom stereocenters. The predicted molar refractivity (Wildman–Crippen MR) is 39.5 cm³/mol. The van der Waals surface area contributed by atoms with Crippen LogP contribution in [0.3, 0.4) is 0 Å².